The maximum atomic E-state index is 12.8. The molecule has 1 aliphatic heterocycles. The summed E-state index contributed by atoms with van der Waals surface area (Å²) in [6.07, 6.45) is 2.34. The van der Waals surface area contributed by atoms with E-state index in [0.717, 1.165) is 16.9 Å². The molecule has 0 saturated carbocycles. The molecule has 2 aromatic rings. The van der Waals surface area contributed by atoms with Gasteiger partial charge in [-0.25, -0.2) is 9.69 Å². The van der Waals surface area contributed by atoms with Crippen molar-refractivity contribution in [2.24, 2.45) is 0 Å². The first-order chi connectivity index (χ1) is 12.4. The summed E-state index contributed by atoms with van der Waals surface area (Å²) < 4.78 is 5.39. The maximum absolute atomic E-state index is 12.8. The first-order valence-electron chi connectivity index (χ1n) is 8.48. The highest BCUT2D eigenvalue weighted by Gasteiger charge is 2.37. The zero-order chi connectivity index (χ0) is 18.8. The highest BCUT2D eigenvalue weighted by atomic mass is 16.3. The van der Waals surface area contributed by atoms with Crippen molar-refractivity contribution in [3.8, 4) is 0 Å². The molecule has 0 aliphatic carbocycles. The Labute approximate surface area is 151 Å². The van der Waals surface area contributed by atoms with E-state index in [-0.39, 0.29) is 5.57 Å². The van der Waals surface area contributed by atoms with E-state index in [2.05, 4.69) is 19.2 Å². The molecule has 1 atom stereocenters. The molecular formula is C20H20N2O4. The van der Waals surface area contributed by atoms with Gasteiger partial charge in [-0.1, -0.05) is 26.0 Å². The Morgan fingerprint density at radius 1 is 1.12 bits per heavy atom. The van der Waals surface area contributed by atoms with Crippen LogP contribution >= 0.6 is 0 Å². The van der Waals surface area contributed by atoms with Crippen LogP contribution in [0.3, 0.4) is 0 Å². The molecule has 134 valence electrons. The number of anilines is 1. The number of imide groups is 2. The van der Waals surface area contributed by atoms with Crippen LogP contribution in [0.4, 0.5) is 10.5 Å². The second kappa shape index (κ2) is 7.00. The first-order valence-corrected chi connectivity index (χ1v) is 8.48. The summed E-state index contributed by atoms with van der Waals surface area (Å²) in [6.45, 7) is 5.97. The molecule has 0 unspecified atom stereocenters. The highest BCUT2D eigenvalue weighted by molar-refractivity contribution is 6.39. The zero-order valence-electron chi connectivity index (χ0n) is 14.9. The fourth-order valence-electron chi connectivity index (χ4n) is 2.75. The van der Waals surface area contributed by atoms with E-state index >= 15 is 0 Å². The number of hydrogen-bond acceptors (Lipinski definition) is 4. The van der Waals surface area contributed by atoms with Crippen LogP contribution < -0.4 is 10.2 Å². The molecule has 0 radical (unpaired) electrons. The van der Waals surface area contributed by atoms with E-state index in [4.69, 9.17) is 4.42 Å². The van der Waals surface area contributed by atoms with Crippen LogP contribution in [0.2, 0.25) is 0 Å². The van der Waals surface area contributed by atoms with Crippen molar-refractivity contribution in [2.75, 3.05) is 4.90 Å². The predicted molar refractivity (Wildman–Crippen MR) is 97.6 cm³/mol. The van der Waals surface area contributed by atoms with Gasteiger partial charge in [0.05, 0.1) is 5.69 Å². The van der Waals surface area contributed by atoms with Gasteiger partial charge in [-0.2, -0.15) is 0 Å². The van der Waals surface area contributed by atoms with Gasteiger partial charge in [0.2, 0.25) is 0 Å². The van der Waals surface area contributed by atoms with Crippen LogP contribution in [0.25, 0.3) is 6.08 Å². The Balaban J connectivity index is 1.94. The van der Waals surface area contributed by atoms with Crippen molar-refractivity contribution < 1.29 is 18.8 Å². The molecule has 1 aromatic carbocycles. The molecule has 1 fully saturated rings. The number of hydrogen-bond donors (Lipinski definition) is 1. The van der Waals surface area contributed by atoms with Crippen LogP contribution in [0.15, 0.2) is 46.4 Å². The van der Waals surface area contributed by atoms with Crippen molar-refractivity contribution >= 4 is 29.6 Å². The van der Waals surface area contributed by atoms with Crippen LogP contribution in [0.5, 0.6) is 0 Å². The molecule has 0 spiro atoms. The van der Waals surface area contributed by atoms with Gasteiger partial charge >= 0.3 is 6.03 Å². The number of carbonyl (C=O) groups is 3. The second-order valence-electron chi connectivity index (χ2n) is 6.31. The van der Waals surface area contributed by atoms with Crippen LogP contribution in [-0.4, -0.2) is 17.8 Å². The van der Waals surface area contributed by atoms with Crippen molar-refractivity contribution in [2.45, 2.75) is 33.1 Å². The average molecular weight is 352 g/mol. The number of benzene rings is 1. The molecule has 4 amide bonds. The summed E-state index contributed by atoms with van der Waals surface area (Å²) in [5.41, 5.74) is 1.39. The topological polar surface area (TPSA) is 79.6 Å². The Morgan fingerprint density at radius 3 is 2.38 bits per heavy atom. The quantitative estimate of drug-likeness (QED) is 0.671. The van der Waals surface area contributed by atoms with Crippen LogP contribution in [-0.2, 0) is 9.59 Å². The Hall–Kier alpha value is -3.15. The van der Waals surface area contributed by atoms with Crippen molar-refractivity contribution in [3.05, 3.63) is 59.1 Å². The third-order valence-corrected chi connectivity index (χ3v) is 4.48. The van der Waals surface area contributed by atoms with E-state index in [0.29, 0.717) is 23.1 Å². The fourth-order valence-corrected chi connectivity index (χ4v) is 2.75. The molecule has 6 nitrogen and oxygen atoms in total. The highest BCUT2D eigenvalue weighted by Crippen LogP contribution is 2.25. The largest absolute Gasteiger partial charge is 0.462 e. The Kier molecular flexibility index (Phi) is 4.75. The smallest absolute Gasteiger partial charge is 0.335 e. The minimum atomic E-state index is -0.760. The average Bonchev–Trinajstić information content (AvgIpc) is 3.03. The van der Waals surface area contributed by atoms with Gasteiger partial charge in [-0.3, -0.25) is 14.9 Å². The molecule has 2 heterocycles. The lowest BCUT2D eigenvalue weighted by Gasteiger charge is -2.26. The van der Waals surface area contributed by atoms with Crippen molar-refractivity contribution in [1.82, 2.24) is 5.32 Å². The molecule has 0 bridgehead atoms. The van der Waals surface area contributed by atoms with E-state index in [1.165, 1.54) is 6.08 Å². The van der Waals surface area contributed by atoms with Gasteiger partial charge in [-0.15, -0.1) is 0 Å². The van der Waals surface area contributed by atoms with Crippen LogP contribution in [0.1, 0.15) is 43.3 Å². The summed E-state index contributed by atoms with van der Waals surface area (Å²) in [4.78, 5) is 38.0. The normalized spacial score (nSPS) is 17.6. The Bertz CT molecular complexity index is 893. The number of nitrogens with zero attached hydrogens (tertiary/aromatic N) is 1. The van der Waals surface area contributed by atoms with Crippen molar-refractivity contribution in [1.29, 1.82) is 0 Å². The lowest BCUT2D eigenvalue weighted by atomic mass is 9.98. The molecule has 26 heavy (non-hydrogen) atoms. The molecule has 1 N–H and O–H groups in total. The number of carbonyl (C=O) groups excluding carboxylic acids is 3. The van der Waals surface area contributed by atoms with E-state index in [1.54, 1.807) is 31.2 Å². The van der Waals surface area contributed by atoms with E-state index in [9.17, 15) is 14.4 Å². The number of aryl methyl sites for hydroxylation is 1. The minimum Gasteiger partial charge on any atom is -0.462 e. The molecular weight excluding hydrogens is 332 g/mol. The second-order valence-corrected chi connectivity index (χ2v) is 6.31. The van der Waals surface area contributed by atoms with Gasteiger partial charge < -0.3 is 4.42 Å². The number of amides is 4. The third kappa shape index (κ3) is 3.31. The maximum Gasteiger partial charge on any atom is 0.335 e. The summed E-state index contributed by atoms with van der Waals surface area (Å²) in [5, 5.41) is 2.20. The van der Waals surface area contributed by atoms with Gasteiger partial charge in [0.1, 0.15) is 17.1 Å². The molecule has 6 heteroatoms. The van der Waals surface area contributed by atoms with E-state index in [1.807, 2.05) is 12.1 Å². The summed E-state index contributed by atoms with van der Waals surface area (Å²) >= 11 is 0. The SMILES string of the molecule is CC[C@@H](C)c1ccc(N2C(=O)NC(=O)/C(=C/c3ccc(C)o3)C2=O)cc1. The van der Waals surface area contributed by atoms with Gasteiger partial charge in [0.25, 0.3) is 11.8 Å². The molecule has 3 rings (SSSR count). The summed E-state index contributed by atoms with van der Waals surface area (Å²) in [5.74, 6) is 0.0104. The van der Waals surface area contributed by atoms with Crippen molar-refractivity contribution in [3.63, 3.8) is 0 Å². The third-order valence-electron chi connectivity index (χ3n) is 4.48. The number of nitrogens with one attached hydrogen (secondary N) is 1. The van der Waals surface area contributed by atoms with Gasteiger partial charge in [-0.05, 0) is 55.2 Å². The minimum absolute atomic E-state index is 0.148. The summed E-state index contributed by atoms with van der Waals surface area (Å²) in [6, 6.07) is 9.83. The lowest BCUT2D eigenvalue weighted by Crippen LogP contribution is -2.54. The standard InChI is InChI=1S/C20H20N2O4/c1-4-12(2)14-6-8-15(9-7-14)22-19(24)17(18(23)21-20(22)25)11-16-10-5-13(3)26-16/h5-12H,4H2,1-3H3,(H,21,23,25)/b17-11-/t12-/m1/s1. The molecule has 1 saturated heterocycles. The number of urea groups is 1. The fraction of sp³-hybridized carbons (Fsp3) is 0.250. The monoisotopic (exact) mass is 352 g/mol. The summed E-state index contributed by atoms with van der Waals surface area (Å²) in [7, 11) is 0. The lowest BCUT2D eigenvalue weighted by molar-refractivity contribution is -0.122. The number of rotatable bonds is 4. The van der Waals surface area contributed by atoms with Crippen LogP contribution in [0, 0.1) is 6.92 Å². The van der Waals surface area contributed by atoms with E-state index < -0.39 is 17.8 Å². The van der Waals surface area contributed by atoms with Gasteiger partial charge in [0, 0.05) is 0 Å². The molecule has 1 aromatic heterocycles. The zero-order valence-corrected chi connectivity index (χ0v) is 14.9. The molecule has 1 aliphatic rings. The first kappa shape index (κ1) is 17.7. The predicted octanol–water partition coefficient (Wildman–Crippen LogP) is 3.77. The number of barbiturate groups is 1. The number of furan rings is 1. The Morgan fingerprint density at radius 2 is 1.81 bits per heavy atom. The van der Waals surface area contributed by atoms with Gasteiger partial charge in [0.15, 0.2) is 0 Å².